The third-order valence-corrected chi connectivity index (χ3v) is 12.9. The number of aromatic nitrogens is 1. The van der Waals surface area contributed by atoms with Gasteiger partial charge in [-0.3, -0.25) is 4.89 Å². The standard InChI is InChI=1S/C32H31BrN2O2.C20H13O4P/c1-35(2)19-18-32(36,28-15-9-13-22-10-7-8-14-26(22)28)30(23-11-5-4-6-12-23)27-21-24-20-25(33)16-17-29(24)34-31(27)37-3;21-25(22)23-17-11-9-13-5-1-3-7-15(13)19(17)20-16-8-4-2-6-14(16)10-12-18(20)24-25/h4-17,20-21,30,36H,18-19H2,1-3H3;1-12H,(H,21,22)/t30-,32?;/m1./s1. The Labute approximate surface area is 368 Å². The van der Waals surface area contributed by atoms with Crippen molar-refractivity contribution in [3.05, 3.63) is 191 Å². The topological polar surface area (TPSA) is 101 Å². The predicted octanol–water partition coefficient (Wildman–Crippen LogP) is 12.7. The molecule has 8 nitrogen and oxygen atoms in total. The molecule has 0 aliphatic carbocycles. The first-order valence-electron chi connectivity index (χ1n) is 20.3. The molecule has 1 aromatic heterocycles. The zero-order valence-electron chi connectivity index (χ0n) is 34.4. The van der Waals surface area contributed by atoms with E-state index in [0.717, 1.165) is 75.5 Å². The zero-order valence-corrected chi connectivity index (χ0v) is 36.9. The summed E-state index contributed by atoms with van der Waals surface area (Å²) in [7, 11) is 1.47. The van der Waals surface area contributed by atoms with Crippen molar-refractivity contribution in [3.8, 4) is 28.5 Å². The number of hydrogen-bond acceptors (Lipinski definition) is 7. The lowest BCUT2D eigenvalue weighted by molar-refractivity contribution is 0.00520. The summed E-state index contributed by atoms with van der Waals surface area (Å²) in [4.78, 5) is 17.1. The van der Waals surface area contributed by atoms with Crippen LogP contribution in [0.15, 0.2) is 174 Å². The highest BCUT2D eigenvalue weighted by atomic mass is 79.9. The van der Waals surface area contributed by atoms with Gasteiger partial charge in [-0.25, -0.2) is 9.55 Å². The first-order chi connectivity index (χ1) is 30.0. The Morgan fingerprint density at radius 3 is 1.82 bits per heavy atom. The number of hydrogen-bond donors (Lipinski definition) is 2. The number of halogens is 1. The van der Waals surface area contributed by atoms with Crippen LogP contribution in [0, 0.1) is 0 Å². The third-order valence-electron chi connectivity index (χ3n) is 11.5. The molecule has 2 atom stereocenters. The van der Waals surface area contributed by atoms with Gasteiger partial charge in [-0.2, -0.15) is 0 Å². The molecule has 10 rings (SSSR count). The minimum Gasteiger partial charge on any atom is -0.481 e. The molecule has 0 amide bonds. The van der Waals surface area contributed by atoms with Crippen LogP contribution in [0.5, 0.6) is 17.4 Å². The number of ether oxygens (including phenoxy) is 1. The van der Waals surface area contributed by atoms with Gasteiger partial charge in [0.15, 0.2) is 0 Å². The molecule has 2 N–H and O–H groups in total. The van der Waals surface area contributed by atoms with E-state index in [-0.39, 0.29) is 0 Å². The third kappa shape index (κ3) is 7.95. The Balaban J connectivity index is 0.000000170. The van der Waals surface area contributed by atoms with E-state index in [2.05, 4.69) is 69.4 Å². The second kappa shape index (κ2) is 17.0. The summed E-state index contributed by atoms with van der Waals surface area (Å²) in [6, 6.07) is 55.8. The fourth-order valence-electron chi connectivity index (χ4n) is 8.74. The van der Waals surface area contributed by atoms with Gasteiger partial charge in [-0.05, 0) is 100 Å². The summed E-state index contributed by atoms with van der Waals surface area (Å²) < 4.78 is 30.0. The number of benzene rings is 8. The van der Waals surface area contributed by atoms with E-state index in [1.807, 2.05) is 123 Å². The van der Waals surface area contributed by atoms with Gasteiger partial charge < -0.3 is 23.8 Å². The smallest absolute Gasteiger partial charge is 0.481 e. The summed E-state index contributed by atoms with van der Waals surface area (Å²) >= 11 is 3.60. The minimum absolute atomic E-state index is 0.347. The van der Waals surface area contributed by atoms with Crippen molar-refractivity contribution in [1.82, 2.24) is 9.88 Å². The van der Waals surface area contributed by atoms with Crippen molar-refractivity contribution in [2.24, 2.45) is 0 Å². The lowest BCUT2D eigenvalue weighted by Crippen LogP contribution is -2.38. The molecule has 0 spiro atoms. The molecule has 1 aliphatic heterocycles. The van der Waals surface area contributed by atoms with Gasteiger partial charge in [-0.15, -0.1) is 0 Å². The van der Waals surface area contributed by atoms with Gasteiger partial charge in [0, 0.05) is 39.0 Å². The Kier molecular flexibility index (Phi) is 11.3. The van der Waals surface area contributed by atoms with Crippen molar-refractivity contribution in [3.63, 3.8) is 0 Å². The fourth-order valence-corrected chi connectivity index (χ4v) is 9.96. The quantitative estimate of drug-likeness (QED) is 0.145. The Morgan fingerprint density at radius 2 is 1.23 bits per heavy atom. The number of nitrogens with zero attached hydrogens (tertiary/aromatic N) is 2. The molecule has 10 heteroatoms. The van der Waals surface area contributed by atoms with Crippen LogP contribution >= 0.6 is 23.8 Å². The number of phosphoric acid groups is 1. The van der Waals surface area contributed by atoms with Gasteiger partial charge in [0.2, 0.25) is 5.88 Å². The molecule has 310 valence electrons. The van der Waals surface area contributed by atoms with E-state index in [9.17, 15) is 14.6 Å². The maximum atomic E-state index is 13.0. The van der Waals surface area contributed by atoms with Crippen LogP contribution < -0.4 is 13.8 Å². The molecule has 8 aromatic carbocycles. The van der Waals surface area contributed by atoms with Crippen LogP contribution in [0.25, 0.3) is 54.3 Å². The number of fused-ring (bicyclic) bond motifs is 9. The van der Waals surface area contributed by atoms with Gasteiger partial charge in [0.05, 0.1) is 12.6 Å². The normalized spacial score (nSPS) is 14.4. The largest absolute Gasteiger partial charge is 0.584 e. The molecular formula is C52H44BrN2O6P. The molecule has 0 radical (unpaired) electrons. The van der Waals surface area contributed by atoms with Crippen LogP contribution in [-0.4, -0.2) is 47.6 Å². The lowest BCUT2D eigenvalue weighted by Gasteiger charge is -2.39. The first-order valence-corrected chi connectivity index (χ1v) is 22.6. The van der Waals surface area contributed by atoms with Crippen LogP contribution in [0.1, 0.15) is 29.0 Å². The lowest BCUT2D eigenvalue weighted by atomic mass is 9.70. The van der Waals surface area contributed by atoms with E-state index < -0.39 is 19.3 Å². The average Bonchev–Trinajstić information content (AvgIpc) is 3.41. The number of phosphoric ester groups is 1. The zero-order chi connectivity index (χ0) is 43.0. The van der Waals surface area contributed by atoms with Gasteiger partial charge in [0.25, 0.3) is 0 Å². The van der Waals surface area contributed by atoms with Crippen LogP contribution in [-0.2, 0) is 10.2 Å². The average molecular weight is 904 g/mol. The van der Waals surface area contributed by atoms with Crippen molar-refractivity contribution in [2.45, 2.75) is 17.9 Å². The molecule has 1 aliphatic rings. The summed E-state index contributed by atoms with van der Waals surface area (Å²) in [5.74, 6) is 0.789. The molecule has 0 bridgehead atoms. The molecule has 9 aromatic rings. The highest BCUT2D eigenvalue weighted by Gasteiger charge is 2.43. The molecule has 0 saturated heterocycles. The number of methoxy groups -OCH3 is 1. The second-order valence-corrected chi connectivity index (χ2v) is 18.0. The summed E-state index contributed by atoms with van der Waals surface area (Å²) in [5, 5.41) is 20.1. The van der Waals surface area contributed by atoms with E-state index >= 15 is 0 Å². The first kappa shape index (κ1) is 41.3. The molecule has 1 unspecified atom stereocenters. The summed E-state index contributed by atoms with van der Waals surface area (Å²) in [5.41, 5.74) is 3.91. The van der Waals surface area contributed by atoms with E-state index in [1.165, 1.54) is 0 Å². The Hall–Kier alpha value is -6.06. The molecular weight excluding hydrogens is 859 g/mol. The minimum atomic E-state index is -4.25. The van der Waals surface area contributed by atoms with Crippen molar-refractivity contribution in [2.75, 3.05) is 27.7 Å². The predicted molar refractivity (Wildman–Crippen MR) is 253 cm³/mol. The second-order valence-electron chi connectivity index (χ2n) is 15.7. The molecule has 62 heavy (non-hydrogen) atoms. The van der Waals surface area contributed by atoms with Crippen molar-refractivity contribution < 1.29 is 28.3 Å². The van der Waals surface area contributed by atoms with Gasteiger partial charge >= 0.3 is 7.82 Å². The Bertz CT molecular complexity index is 3070. The SMILES string of the molecule is COc1nc2ccc(Br)cc2cc1[C@@H](c1ccccc1)C(O)(CCN(C)C)c1cccc2ccccc12.O=P1(O)Oc2ccc3ccccc3c2-c2c(ccc3ccccc23)O1. The maximum Gasteiger partial charge on any atom is 0.584 e. The molecule has 0 fully saturated rings. The van der Waals surface area contributed by atoms with Crippen LogP contribution in [0.4, 0.5) is 0 Å². The monoisotopic (exact) mass is 902 g/mol. The van der Waals surface area contributed by atoms with E-state index in [1.54, 1.807) is 19.2 Å². The number of aliphatic hydroxyl groups is 1. The number of pyridine rings is 1. The van der Waals surface area contributed by atoms with Crippen molar-refractivity contribution in [1.29, 1.82) is 0 Å². The molecule has 2 heterocycles. The maximum absolute atomic E-state index is 13.0. The van der Waals surface area contributed by atoms with Crippen LogP contribution in [0.3, 0.4) is 0 Å². The van der Waals surface area contributed by atoms with Crippen LogP contribution in [0.2, 0.25) is 0 Å². The van der Waals surface area contributed by atoms with E-state index in [0.29, 0.717) is 30.3 Å². The Morgan fingerprint density at radius 1 is 0.677 bits per heavy atom. The van der Waals surface area contributed by atoms with E-state index in [4.69, 9.17) is 18.8 Å². The highest BCUT2D eigenvalue weighted by molar-refractivity contribution is 9.10. The molecule has 0 saturated carbocycles. The summed E-state index contributed by atoms with van der Waals surface area (Å²) in [6.07, 6.45) is 0.521. The van der Waals surface area contributed by atoms with Gasteiger partial charge in [0.1, 0.15) is 17.1 Å². The summed E-state index contributed by atoms with van der Waals surface area (Å²) in [6.45, 7) is 0.706. The van der Waals surface area contributed by atoms with Crippen molar-refractivity contribution >= 4 is 67.0 Å². The highest BCUT2D eigenvalue weighted by Crippen LogP contribution is 2.57. The van der Waals surface area contributed by atoms with Gasteiger partial charge in [-0.1, -0.05) is 149 Å². The fraction of sp³-hybridized carbons (Fsp3) is 0.135. The number of rotatable bonds is 8.